The van der Waals surface area contributed by atoms with Crippen molar-refractivity contribution in [1.82, 2.24) is 14.9 Å². The molecule has 1 fully saturated rings. The van der Waals surface area contributed by atoms with Crippen LogP contribution in [0.2, 0.25) is 0 Å². The number of hydrogen-bond donors (Lipinski definition) is 1. The molecule has 1 N–H and O–H groups in total. The van der Waals surface area contributed by atoms with E-state index < -0.39 is 0 Å². The van der Waals surface area contributed by atoms with Gasteiger partial charge in [0.2, 0.25) is 5.95 Å². The summed E-state index contributed by atoms with van der Waals surface area (Å²) in [5, 5.41) is 0. The highest BCUT2D eigenvalue weighted by Crippen LogP contribution is 2.27. The van der Waals surface area contributed by atoms with Crippen molar-refractivity contribution in [2.75, 3.05) is 39.2 Å². The van der Waals surface area contributed by atoms with E-state index in [1.165, 1.54) is 5.56 Å². The van der Waals surface area contributed by atoms with Gasteiger partial charge in [-0.3, -0.25) is 14.7 Å². The number of H-pyrrole nitrogens is 1. The van der Waals surface area contributed by atoms with E-state index in [9.17, 15) is 4.79 Å². The number of aromatic amines is 1. The molecule has 1 aromatic heterocycles. The molecular formula is C19H26N4O2. The van der Waals surface area contributed by atoms with E-state index in [0.717, 1.165) is 43.9 Å². The van der Waals surface area contributed by atoms with Crippen molar-refractivity contribution in [2.24, 2.45) is 0 Å². The van der Waals surface area contributed by atoms with Gasteiger partial charge in [0.15, 0.2) is 0 Å². The SMILES string of the molecule is COc1cccc(CN2CCC(c3cc(=O)[nH]c(N(C)C)n3)CC2)c1. The minimum absolute atomic E-state index is 0.0764. The highest BCUT2D eigenvalue weighted by atomic mass is 16.5. The van der Waals surface area contributed by atoms with Crippen molar-refractivity contribution < 1.29 is 4.74 Å². The highest BCUT2D eigenvalue weighted by molar-refractivity contribution is 5.29. The smallest absolute Gasteiger partial charge is 0.252 e. The van der Waals surface area contributed by atoms with Crippen LogP contribution < -0.4 is 15.2 Å². The standard InChI is InChI=1S/C19H26N4O2/c1-22(2)19-20-17(12-18(24)21-19)15-7-9-23(10-8-15)13-14-5-4-6-16(11-14)25-3/h4-6,11-12,15H,7-10,13H2,1-3H3,(H,20,21,24). The second kappa shape index (κ2) is 7.70. The Balaban J connectivity index is 1.63. The van der Waals surface area contributed by atoms with Gasteiger partial charge in [-0.1, -0.05) is 12.1 Å². The maximum absolute atomic E-state index is 11.9. The molecule has 6 nitrogen and oxygen atoms in total. The van der Waals surface area contributed by atoms with E-state index in [0.29, 0.717) is 11.9 Å². The summed E-state index contributed by atoms with van der Waals surface area (Å²) in [5.41, 5.74) is 2.10. The summed E-state index contributed by atoms with van der Waals surface area (Å²) in [4.78, 5) is 23.6. The molecule has 0 spiro atoms. The molecule has 0 radical (unpaired) electrons. The van der Waals surface area contributed by atoms with Gasteiger partial charge in [-0.25, -0.2) is 4.98 Å². The van der Waals surface area contributed by atoms with Crippen LogP contribution in [0.1, 0.15) is 30.0 Å². The van der Waals surface area contributed by atoms with Crippen LogP contribution in [0.5, 0.6) is 5.75 Å². The molecule has 1 saturated heterocycles. The molecule has 2 heterocycles. The van der Waals surface area contributed by atoms with Gasteiger partial charge in [-0.15, -0.1) is 0 Å². The van der Waals surface area contributed by atoms with Crippen LogP contribution in [0.3, 0.4) is 0 Å². The molecule has 0 saturated carbocycles. The molecule has 25 heavy (non-hydrogen) atoms. The first-order valence-corrected chi connectivity index (χ1v) is 8.69. The lowest BCUT2D eigenvalue weighted by molar-refractivity contribution is 0.203. The number of rotatable bonds is 5. The molecule has 0 unspecified atom stereocenters. The maximum atomic E-state index is 11.9. The number of anilines is 1. The number of nitrogens with zero attached hydrogens (tertiary/aromatic N) is 3. The predicted molar refractivity (Wildman–Crippen MR) is 99.4 cm³/mol. The van der Waals surface area contributed by atoms with E-state index in [1.54, 1.807) is 13.2 Å². The predicted octanol–water partition coefficient (Wildman–Crippen LogP) is 2.22. The van der Waals surface area contributed by atoms with Crippen LogP contribution in [0.25, 0.3) is 0 Å². The van der Waals surface area contributed by atoms with Crippen LogP contribution in [0, 0.1) is 0 Å². The van der Waals surface area contributed by atoms with E-state index in [4.69, 9.17) is 4.74 Å². The lowest BCUT2D eigenvalue weighted by Crippen LogP contribution is -2.33. The van der Waals surface area contributed by atoms with Gasteiger partial charge >= 0.3 is 0 Å². The normalized spacial score (nSPS) is 16.0. The van der Waals surface area contributed by atoms with Crippen LogP contribution in [0.15, 0.2) is 35.1 Å². The summed E-state index contributed by atoms with van der Waals surface area (Å²) < 4.78 is 5.30. The number of aromatic nitrogens is 2. The third kappa shape index (κ3) is 4.39. The molecule has 3 rings (SSSR count). The fourth-order valence-electron chi connectivity index (χ4n) is 3.30. The van der Waals surface area contributed by atoms with Gasteiger partial charge in [-0.2, -0.15) is 0 Å². The summed E-state index contributed by atoms with van der Waals surface area (Å²) >= 11 is 0. The zero-order chi connectivity index (χ0) is 17.8. The molecule has 0 atom stereocenters. The maximum Gasteiger partial charge on any atom is 0.252 e. The van der Waals surface area contributed by atoms with Crippen LogP contribution in [0.4, 0.5) is 5.95 Å². The summed E-state index contributed by atoms with van der Waals surface area (Å²) in [6.45, 7) is 2.94. The molecule has 0 amide bonds. The second-order valence-corrected chi connectivity index (χ2v) is 6.79. The Bertz CT molecular complexity index is 764. The first-order valence-electron chi connectivity index (χ1n) is 8.69. The molecule has 1 aliphatic rings. The summed E-state index contributed by atoms with van der Waals surface area (Å²) in [6.07, 6.45) is 2.04. The summed E-state index contributed by atoms with van der Waals surface area (Å²) in [6, 6.07) is 9.87. The van der Waals surface area contributed by atoms with E-state index in [2.05, 4.69) is 27.0 Å². The molecule has 6 heteroatoms. The van der Waals surface area contributed by atoms with Crippen LogP contribution in [-0.4, -0.2) is 49.2 Å². The monoisotopic (exact) mass is 342 g/mol. The number of ether oxygens (including phenoxy) is 1. The van der Waals surface area contributed by atoms with E-state index in [-0.39, 0.29) is 5.56 Å². The Morgan fingerprint density at radius 3 is 2.72 bits per heavy atom. The van der Waals surface area contributed by atoms with E-state index in [1.807, 2.05) is 31.1 Å². The zero-order valence-electron chi connectivity index (χ0n) is 15.2. The molecule has 1 aromatic carbocycles. The first-order chi connectivity index (χ1) is 12.0. The number of piperidine rings is 1. The van der Waals surface area contributed by atoms with Crippen LogP contribution in [-0.2, 0) is 6.54 Å². The Morgan fingerprint density at radius 2 is 2.04 bits per heavy atom. The van der Waals surface area contributed by atoms with Gasteiger partial charge in [0.1, 0.15) is 5.75 Å². The summed E-state index contributed by atoms with van der Waals surface area (Å²) in [5.74, 6) is 1.88. The van der Waals surface area contributed by atoms with E-state index >= 15 is 0 Å². The second-order valence-electron chi connectivity index (χ2n) is 6.79. The van der Waals surface area contributed by atoms with Gasteiger partial charge < -0.3 is 9.64 Å². The largest absolute Gasteiger partial charge is 0.497 e. The number of likely N-dealkylation sites (tertiary alicyclic amines) is 1. The van der Waals surface area contributed by atoms with Crippen molar-refractivity contribution in [3.63, 3.8) is 0 Å². The zero-order valence-corrected chi connectivity index (χ0v) is 15.2. The van der Waals surface area contributed by atoms with Crippen molar-refractivity contribution in [2.45, 2.75) is 25.3 Å². The first kappa shape index (κ1) is 17.5. The Morgan fingerprint density at radius 1 is 1.28 bits per heavy atom. The van der Waals surface area contributed by atoms with Crippen molar-refractivity contribution >= 4 is 5.95 Å². The van der Waals surface area contributed by atoms with Crippen molar-refractivity contribution in [1.29, 1.82) is 0 Å². The summed E-state index contributed by atoms with van der Waals surface area (Å²) in [7, 11) is 5.47. The number of methoxy groups -OCH3 is 1. The molecular weight excluding hydrogens is 316 g/mol. The van der Waals surface area contributed by atoms with Gasteiger partial charge in [0.25, 0.3) is 5.56 Å². The lowest BCUT2D eigenvalue weighted by atomic mass is 9.93. The fourth-order valence-corrected chi connectivity index (χ4v) is 3.30. The Labute approximate surface area is 148 Å². The molecule has 134 valence electrons. The number of nitrogens with one attached hydrogen (secondary N) is 1. The minimum atomic E-state index is -0.0764. The molecule has 0 bridgehead atoms. The third-order valence-corrected chi connectivity index (χ3v) is 4.72. The van der Waals surface area contributed by atoms with Crippen molar-refractivity contribution in [3.8, 4) is 5.75 Å². The fraction of sp³-hybridized carbons (Fsp3) is 0.474. The Kier molecular flexibility index (Phi) is 5.38. The van der Waals surface area contributed by atoms with Gasteiger partial charge in [0, 0.05) is 32.6 Å². The lowest BCUT2D eigenvalue weighted by Gasteiger charge is -2.32. The quantitative estimate of drug-likeness (QED) is 0.903. The number of benzene rings is 1. The third-order valence-electron chi connectivity index (χ3n) is 4.72. The topological polar surface area (TPSA) is 61.5 Å². The van der Waals surface area contributed by atoms with Gasteiger partial charge in [0.05, 0.1) is 12.8 Å². The Hall–Kier alpha value is -2.34. The molecule has 2 aromatic rings. The number of hydrogen-bond acceptors (Lipinski definition) is 5. The van der Waals surface area contributed by atoms with Crippen molar-refractivity contribution in [3.05, 3.63) is 51.9 Å². The highest BCUT2D eigenvalue weighted by Gasteiger charge is 2.22. The molecule has 0 aliphatic carbocycles. The van der Waals surface area contributed by atoms with Crippen LogP contribution >= 0.6 is 0 Å². The average molecular weight is 342 g/mol. The average Bonchev–Trinajstić information content (AvgIpc) is 2.62. The van der Waals surface area contributed by atoms with Gasteiger partial charge in [-0.05, 0) is 43.6 Å². The minimum Gasteiger partial charge on any atom is -0.497 e. The molecule has 1 aliphatic heterocycles.